The number of nitrogens with zero attached hydrogens (tertiary/aromatic N) is 1. The number of carbonyl (C=O) groups is 2. The predicted octanol–water partition coefficient (Wildman–Crippen LogP) is 7.24. The fourth-order valence-electron chi connectivity index (χ4n) is 6.22. The van der Waals surface area contributed by atoms with Crippen LogP contribution in [0.3, 0.4) is 0 Å². The first-order chi connectivity index (χ1) is 17.9. The number of hydrogen-bond acceptors (Lipinski definition) is 5. The summed E-state index contributed by atoms with van der Waals surface area (Å²) in [6.45, 7) is 8.95. The quantitative estimate of drug-likeness (QED) is 0.405. The van der Waals surface area contributed by atoms with Crippen LogP contribution in [0.4, 0.5) is 0 Å². The van der Waals surface area contributed by atoms with Crippen LogP contribution in [0.1, 0.15) is 70.4 Å². The highest BCUT2D eigenvalue weighted by Gasteiger charge is 2.48. The maximum atomic E-state index is 13.7. The summed E-state index contributed by atoms with van der Waals surface area (Å²) in [7, 11) is 3.64. The number of rotatable bonds is 5. The van der Waals surface area contributed by atoms with Crippen LogP contribution < -0.4 is 9.47 Å². The largest absolute Gasteiger partial charge is 0.493 e. The Balaban J connectivity index is 1.58. The van der Waals surface area contributed by atoms with Crippen LogP contribution in [-0.2, 0) is 16.2 Å². The number of hydrogen-bond donors (Lipinski definition) is 0. The van der Waals surface area contributed by atoms with E-state index in [2.05, 4.69) is 32.6 Å². The van der Waals surface area contributed by atoms with Gasteiger partial charge in [-0.2, -0.15) is 0 Å². The van der Waals surface area contributed by atoms with Crippen molar-refractivity contribution in [2.24, 2.45) is 10.8 Å². The van der Waals surface area contributed by atoms with Gasteiger partial charge in [0.1, 0.15) is 6.61 Å². The van der Waals surface area contributed by atoms with Gasteiger partial charge in [0.05, 0.1) is 7.11 Å². The van der Waals surface area contributed by atoms with Gasteiger partial charge in [-0.25, -0.2) is 0 Å². The van der Waals surface area contributed by atoms with E-state index in [0.717, 1.165) is 46.5 Å². The summed E-state index contributed by atoms with van der Waals surface area (Å²) in [6, 6.07) is 13.3. The summed E-state index contributed by atoms with van der Waals surface area (Å²) in [5, 5.41) is 0.678. The van der Waals surface area contributed by atoms with Gasteiger partial charge in [0.15, 0.2) is 23.1 Å². The first-order valence-corrected chi connectivity index (χ1v) is 13.6. The lowest BCUT2D eigenvalue weighted by Gasteiger charge is -2.47. The number of ether oxygens (including phenoxy) is 2. The molecular formula is C32H36ClNO4. The van der Waals surface area contributed by atoms with Gasteiger partial charge in [0.2, 0.25) is 0 Å². The van der Waals surface area contributed by atoms with Crippen LogP contribution in [0.5, 0.6) is 11.5 Å². The Hall–Kier alpha value is -3.05. The van der Waals surface area contributed by atoms with E-state index >= 15 is 0 Å². The molecule has 0 spiro atoms. The van der Waals surface area contributed by atoms with E-state index in [4.69, 9.17) is 21.1 Å². The molecule has 0 atom stereocenters. The Morgan fingerprint density at radius 3 is 1.92 bits per heavy atom. The highest BCUT2D eigenvalue weighted by atomic mass is 35.5. The molecule has 5 rings (SSSR count). The van der Waals surface area contributed by atoms with Crippen molar-refractivity contribution in [3.05, 3.63) is 81.2 Å². The van der Waals surface area contributed by atoms with Crippen molar-refractivity contribution in [1.29, 1.82) is 0 Å². The molecule has 0 saturated heterocycles. The maximum Gasteiger partial charge on any atom is 0.162 e. The maximum absolute atomic E-state index is 13.7. The number of ketones is 2. The Kier molecular flexibility index (Phi) is 6.71. The third-order valence-electron chi connectivity index (χ3n) is 8.01. The molecule has 0 radical (unpaired) electrons. The monoisotopic (exact) mass is 533 g/mol. The second-order valence-electron chi connectivity index (χ2n) is 12.4. The molecule has 0 aromatic heterocycles. The molecule has 1 heterocycles. The van der Waals surface area contributed by atoms with Crippen molar-refractivity contribution >= 4 is 23.2 Å². The average molecular weight is 534 g/mol. The second kappa shape index (κ2) is 9.60. The van der Waals surface area contributed by atoms with Crippen LogP contribution >= 0.6 is 11.6 Å². The number of methoxy groups -OCH3 is 1. The molecule has 0 bridgehead atoms. The Labute approximate surface area is 230 Å². The standard InChI is InChI=1S/C32H36ClNO4/c1-31(2)14-22-29(24(35)16-31)28(30-23(34(22)5)15-32(3,4)17-25(30)36)20-9-12-26(27(13-20)37-6)38-18-19-7-10-21(33)11-8-19/h7-13,28H,14-18H2,1-6H3. The SMILES string of the molecule is COc1cc(C2C3=C(CC(C)(C)CC3=O)N(C)C3=C2C(=O)CC(C)(C)C3)ccc1OCc1ccc(Cl)cc1. The van der Waals surface area contributed by atoms with Gasteiger partial charge in [-0.15, -0.1) is 0 Å². The summed E-state index contributed by atoms with van der Waals surface area (Å²) in [5.41, 5.74) is 5.23. The highest BCUT2D eigenvalue weighted by molar-refractivity contribution is 6.30. The third kappa shape index (κ3) is 4.89. The Morgan fingerprint density at radius 2 is 1.39 bits per heavy atom. The van der Waals surface area contributed by atoms with Crippen molar-refractivity contribution in [2.75, 3.05) is 14.2 Å². The average Bonchev–Trinajstić information content (AvgIpc) is 2.84. The number of allylic oxidation sites excluding steroid dienone is 4. The summed E-state index contributed by atoms with van der Waals surface area (Å²) in [4.78, 5) is 29.6. The van der Waals surface area contributed by atoms with Gasteiger partial charge in [-0.1, -0.05) is 57.5 Å². The Bertz CT molecular complexity index is 1310. The minimum Gasteiger partial charge on any atom is -0.493 e. The molecule has 2 aliphatic carbocycles. The zero-order chi connectivity index (χ0) is 27.4. The van der Waals surface area contributed by atoms with Crippen LogP contribution in [0.15, 0.2) is 65.0 Å². The zero-order valence-corrected chi connectivity index (χ0v) is 23.9. The van der Waals surface area contributed by atoms with Crippen LogP contribution in [0.25, 0.3) is 0 Å². The normalized spacial score (nSPS) is 20.9. The molecular weight excluding hydrogens is 498 g/mol. The molecule has 0 N–H and O–H groups in total. The molecule has 3 aliphatic rings. The lowest BCUT2D eigenvalue weighted by molar-refractivity contribution is -0.119. The van der Waals surface area contributed by atoms with E-state index in [1.165, 1.54) is 0 Å². The van der Waals surface area contributed by atoms with Crippen molar-refractivity contribution in [3.63, 3.8) is 0 Å². The van der Waals surface area contributed by atoms with Crippen LogP contribution in [0.2, 0.25) is 5.02 Å². The number of benzene rings is 2. The van der Waals surface area contributed by atoms with E-state index in [0.29, 0.717) is 36.0 Å². The highest BCUT2D eigenvalue weighted by Crippen LogP contribution is 2.54. The van der Waals surface area contributed by atoms with Crippen molar-refractivity contribution in [3.8, 4) is 11.5 Å². The van der Waals surface area contributed by atoms with E-state index in [-0.39, 0.29) is 22.4 Å². The van der Waals surface area contributed by atoms with Gasteiger partial charge in [0.25, 0.3) is 0 Å². The molecule has 5 nitrogen and oxygen atoms in total. The van der Waals surface area contributed by atoms with Gasteiger partial charge in [0, 0.05) is 53.4 Å². The Morgan fingerprint density at radius 1 is 0.842 bits per heavy atom. The number of carbonyl (C=O) groups excluding carboxylic acids is 2. The van der Waals surface area contributed by atoms with E-state index in [9.17, 15) is 9.59 Å². The minimum absolute atomic E-state index is 0.124. The predicted molar refractivity (Wildman–Crippen MR) is 149 cm³/mol. The molecule has 1 aliphatic heterocycles. The van der Waals surface area contributed by atoms with E-state index < -0.39 is 5.92 Å². The molecule has 0 unspecified atom stereocenters. The molecule has 0 fully saturated rings. The summed E-state index contributed by atoms with van der Waals surface area (Å²) in [6.07, 6.45) is 2.54. The first-order valence-electron chi connectivity index (χ1n) is 13.2. The third-order valence-corrected chi connectivity index (χ3v) is 8.26. The van der Waals surface area contributed by atoms with E-state index in [1.807, 2.05) is 49.5 Å². The topological polar surface area (TPSA) is 55.8 Å². The smallest absolute Gasteiger partial charge is 0.162 e. The first kappa shape index (κ1) is 26.6. The van der Waals surface area contributed by atoms with Gasteiger partial charge >= 0.3 is 0 Å². The van der Waals surface area contributed by atoms with Crippen LogP contribution in [0, 0.1) is 10.8 Å². The van der Waals surface area contributed by atoms with Gasteiger partial charge < -0.3 is 14.4 Å². The van der Waals surface area contributed by atoms with Crippen LogP contribution in [-0.4, -0.2) is 30.6 Å². The van der Waals surface area contributed by atoms with Crippen molar-refractivity contribution in [1.82, 2.24) is 4.90 Å². The molecule has 2 aromatic rings. The lowest BCUT2D eigenvalue weighted by Crippen LogP contribution is -2.43. The number of halogens is 1. The minimum atomic E-state index is -0.400. The second-order valence-corrected chi connectivity index (χ2v) is 12.9. The molecule has 0 amide bonds. The van der Waals surface area contributed by atoms with Crippen molar-refractivity contribution < 1.29 is 19.1 Å². The molecule has 38 heavy (non-hydrogen) atoms. The fraction of sp³-hybridized carbons (Fsp3) is 0.438. The molecule has 0 saturated carbocycles. The molecule has 2 aromatic carbocycles. The molecule has 6 heteroatoms. The summed E-state index contributed by atoms with van der Waals surface area (Å²) in [5.74, 6) is 1.03. The summed E-state index contributed by atoms with van der Waals surface area (Å²) < 4.78 is 11.8. The van der Waals surface area contributed by atoms with Gasteiger partial charge in [-0.3, -0.25) is 9.59 Å². The fourth-order valence-corrected chi connectivity index (χ4v) is 6.35. The van der Waals surface area contributed by atoms with Gasteiger partial charge in [-0.05, 0) is 59.1 Å². The van der Waals surface area contributed by atoms with Crippen molar-refractivity contribution in [2.45, 2.75) is 65.9 Å². The summed E-state index contributed by atoms with van der Waals surface area (Å²) >= 11 is 6.01. The van der Waals surface area contributed by atoms with E-state index in [1.54, 1.807) is 7.11 Å². The lowest BCUT2D eigenvalue weighted by atomic mass is 9.64. The number of Topliss-reactive ketones (excluding diaryl/α,β-unsaturated/α-hetero) is 2. The zero-order valence-electron chi connectivity index (χ0n) is 23.1. The molecule has 200 valence electrons.